The molecule has 0 saturated carbocycles. The molecular weight excluding hydrogens is 328 g/mol. The minimum Gasteiger partial charge on any atom is -0.144 e. The maximum absolute atomic E-state index is 3.90. The average molecular weight is 345 g/mol. The van der Waals surface area contributed by atoms with Crippen molar-refractivity contribution in [2.45, 2.75) is 25.6 Å². The molecule has 3 aromatic rings. The van der Waals surface area contributed by atoms with E-state index in [1.165, 1.54) is 37.2 Å². The summed E-state index contributed by atoms with van der Waals surface area (Å²) in [4.78, 5) is 3.06. The standard InChI is InChI=1S/C18H17BrS/c1-11-8-9-16(15-7-5-4-6-14(11)15)18(19)17-10-12(2)13(3)20-17/h4-10,18H,1-3H3. The second kappa shape index (κ2) is 5.34. The van der Waals surface area contributed by atoms with Crippen LogP contribution in [-0.2, 0) is 0 Å². The molecule has 0 fully saturated rings. The molecule has 0 radical (unpaired) electrons. The molecule has 0 N–H and O–H groups in total. The zero-order valence-electron chi connectivity index (χ0n) is 11.9. The highest BCUT2D eigenvalue weighted by molar-refractivity contribution is 9.09. The molecule has 0 aliphatic heterocycles. The van der Waals surface area contributed by atoms with E-state index in [9.17, 15) is 0 Å². The summed E-state index contributed by atoms with van der Waals surface area (Å²) in [6.07, 6.45) is 0. The van der Waals surface area contributed by atoms with E-state index in [-0.39, 0.29) is 4.83 Å². The Labute approximate surface area is 132 Å². The molecule has 2 aromatic carbocycles. The normalized spacial score (nSPS) is 12.8. The Bertz CT molecular complexity index is 751. The van der Waals surface area contributed by atoms with Crippen LogP contribution in [0.3, 0.4) is 0 Å². The van der Waals surface area contributed by atoms with E-state index in [2.05, 4.69) is 79.2 Å². The second-order valence-electron chi connectivity index (χ2n) is 5.27. The number of alkyl halides is 1. The fourth-order valence-electron chi connectivity index (χ4n) is 2.57. The molecule has 0 bridgehead atoms. The fourth-order valence-corrected chi connectivity index (χ4v) is 4.43. The van der Waals surface area contributed by atoms with Gasteiger partial charge in [0.2, 0.25) is 0 Å². The SMILES string of the molecule is Cc1cc(C(Br)c2ccc(C)c3ccccc23)sc1C. The molecule has 1 aromatic heterocycles. The zero-order valence-corrected chi connectivity index (χ0v) is 14.3. The Kier molecular flexibility index (Phi) is 3.70. The molecule has 1 atom stereocenters. The van der Waals surface area contributed by atoms with E-state index in [4.69, 9.17) is 0 Å². The summed E-state index contributed by atoms with van der Waals surface area (Å²) in [5, 5.41) is 2.69. The molecule has 0 amide bonds. The van der Waals surface area contributed by atoms with Crippen LogP contribution in [0, 0.1) is 20.8 Å². The second-order valence-corrected chi connectivity index (χ2v) is 7.47. The van der Waals surface area contributed by atoms with Crippen LogP contribution in [0.25, 0.3) is 10.8 Å². The number of hydrogen-bond donors (Lipinski definition) is 0. The first-order chi connectivity index (χ1) is 9.58. The number of hydrogen-bond acceptors (Lipinski definition) is 1. The Morgan fingerprint density at radius 3 is 2.25 bits per heavy atom. The predicted octanol–water partition coefficient (Wildman–Crippen LogP) is 6.31. The molecule has 0 aliphatic rings. The van der Waals surface area contributed by atoms with Crippen molar-refractivity contribution >= 4 is 38.0 Å². The van der Waals surface area contributed by atoms with Crippen molar-refractivity contribution in [1.82, 2.24) is 0 Å². The van der Waals surface area contributed by atoms with Gasteiger partial charge in [-0.15, -0.1) is 11.3 Å². The van der Waals surface area contributed by atoms with Crippen molar-refractivity contribution in [2.24, 2.45) is 0 Å². The third kappa shape index (κ3) is 2.32. The van der Waals surface area contributed by atoms with Gasteiger partial charge >= 0.3 is 0 Å². The maximum Gasteiger partial charge on any atom is 0.0744 e. The Balaban J connectivity index is 2.17. The van der Waals surface area contributed by atoms with Crippen LogP contribution in [-0.4, -0.2) is 0 Å². The first-order valence-corrected chi connectivity index (χ1v) is 8.50. The summed E-state index contributed by atoms with van der Waals surface area (Å²) in [6.45, 7) is 6.55. The first kappa shape index (κ1) is 13.8. The fraction of sp³-hybridized carbons (Fsp3) is 0.222. The number of halogens is 1. The molecule has 0 nitrogen and oxygen atoms in total. The minimum atomic E-state index is 0.269. The monoisotopic (exact) mass is 344 g/mol. The van der Waals surface area contributed by atoms with E-state index in [1.54, 1.807) is 0 Å². The van der Waals surface area contributed by atoms with Gasteiger partial charge in [0.25, 0.3) is 0 Å². The highest BCUT2D eigenvalue weighted by atomic mass is 79.9. The number of rotatable bonds is 2. The lowest BCUT2D eigenvalue weighted by molar-refractivity contribution is 1.24. The van der Waals surface area contributed by atoms with Crippen molar-refractivity contribution in [3.63, 3.8) is 0 Å². The van der Waals surface area contributed by atoms with Gasteiger partial charge in [0.1, 0.15) is 0 Å². The highest BCUT2D eigenvalue weighted by Crippen LogP contribution is 2.40. The van der Waals surface area contributed by atoms with Crippen LogP contribution in [0.5, 0.6) is 0 Å². The van der Waals surface area contributed by atoms with Gasteiger partial charge in [-0.25, -0.2) is 0 Å². The molecule has 102 valence electrons. The number of fused-ring (bicyclic) bond motifs is 1. The summed E-state index contributed by atoms with van der Waals surface area (Å²) in [6, 6.07) is 15.4. The summed E-state index contributed by atoms with van der Waals surface area (Å²) in [5.74, 6) is 0. The quantitative estimate of drug-likeness (QED) is 0.477. The van der Waals surface area contributed by atoms with Crippen molar-refractivity contribution in [2.75, 3.05) is 0 Å². The van der Waals surface area contributed by atoms with E-state index in [1.807, 2.05) is 11.3 Å². The molecule has 1 heterocycles. The van der Waals surface area contributed by atoms with E-state index < -0.39 is 0 Å². The van der Waals surface area contributed by atoms with E-state index in [0.717, 1.165) is 0 Å². The molecule has 1 unspecified atom stereocenters. The Morgan fingerprint density at radius 1 is 0.900 bits per heavy atom. The topological polar surface area (TPSA) is 0 Å². The van der Waals surface area contributed by atoms with E-state index >= 15 is 0 Å². The van der Waals surface area contributed by atoms with Crippen LogP contribution in [0.4, 0.5) is 0 Å². The van der Waals surface area contributed by atoms with E-state index in [0.29, 0.717) is 0 Å². The predicted molar refractivity (Wildman–Crippen MR) is 93.2 cm³/mol. The van der Waals surface area contributed by atoms with Gasteiger partial charge in [-0.2, -0.15) is 0 Å². The number of benzene rings is 2. The molecule has 20 heavy (non-hydrogen) atoms. The average Bonchev–Trinajstić information content (AvgIpc) is 2.79. The number of thiophene rings is 1. The van der Waals surface area contributed by atoms with Crippen molar-refractivity contribution in [3.8, 4) is 0 Å². The van der Waals surface area contributed by atoms with Crippen molar-refractivity contribution < 1.29 is 0 Å². The van der Waals surface area contributed by atoms with Gasteiger partial charge in [0, 0.05) is 9.75 Å². The molecule has 0 saturated heterocycles. The molecule has 3 rings (SSSR count). The largest absolute Gasteiger partial charge is 0.144 e. The smallest absolute Gasteiger partial charge is 0.0744 e. The van der Waals surface area contributed by atoms with Gasteiger partial charge < -0.3 is 0 Å². The van der Waals surface area contributed by atoms with Crippen LogP contribution < -0.4 is 0 Å². The Hall–Kier alpha value is -1.12. The zero-order chi connectivity index (χ0) is 14.3. The lowest BCUT2D eigenvalue weighted by atomic mass is 9.98. The molecule has 2 heteroatoms. The van der Waals surface area contributed by atoms with Crippen LogP contribution in [0.1, 0.15) is 31.3 Å². The van der Waals surface area contributed by atoms with Gasteiger partial charge in [-0.1, -0.05) is 52.3 Å². The number of aryl methyl sites for hydroxylation is 3. The van der Waals surface area contributed by atoms with Crippen molar-refractivity contribution in [1.29, 1.82) is 0 Å². The summed E-state index contributed by atoms with van der Waals surface area (Å²) in [7, 11) is 0. The molecular formula is C18H17BrS. The first-order valence-electron chi connectivity index (χ1n) is 6.77. The van der Waals surface area contributed by atoms with Gasteiger partial charge in [-0.3, -0.25) is 0 Å². The van der Waals surface area contributed by atoms with Crippen LogP contribution >= 0.6 is 27.3 Å². The van der Waals surface area contributed by atoms with Crippen molar-refractivity contribution in [3.05, 3.63) is 68.9 Å². The molecule has 0 spiro atoms. The van der Waals surface area contributed by atoms with Gasteiger partial charge in [0.15, 0.2) is 0 Å². The minimum absolute atomic E-state index is 0.269. The van der Waals surface area contributed by atoms with Gasteiger partial charge in [0.05, 0.1) is 4.83 Å². The third-order valence-electron chi connectivity index (χ3n) is 3.88. The van der Waals surface area contributed by atoms with Crippen LogP contribution in [0.2, 0.25) is 0 Å². The molecule has 0 aliphatic carbocycles. The summed E-state index contributed by atoms with van der Waals surface area (Å²) >= 11 is 5.78. The highest BCUT2D eigenvalue weighted by Gasteiger charge is 2.16. The third-order valence-corrected chi connectivity index (χ3v) is 6.39. The summed E-state index contributed by atoms with van der Waals surface area (Å²) < 4.78 is 0. The lowest BCUT2D eigenvalue weighted by Crippen LogP contribution is -1.92. The lowest BCUT2D eigenvalue weighted by Gasteiger charge is -2.13. The van der Waals surface area contributed by atoms with Crippen LogP contribution in [0.15, 0.2) is 42.5 Å². The Morgan fingerprint density at radius 2 is 1.60 bits per heavy atom. The van der Waals surface area contributed by atoms with Gasteiger partial charge in [-0.05, 0) is 54.3 Å². The maximum atomic E-state index is 3.90. The summed E-state index contributed by atoms with van der Waals surface area (Å²) in [5.41, 5.74) is 4.07.